The number of anilines is 1. The number of nitrogens with zero attached hydrogens (tertiary/aromatic N) is 3. The number of carbonyl (C=O) groups excluding carboxylic acids is 1. The highest BCUT2D eigenvalue weighted by Gasteiger charge is 2.19. The first-order valence-electron chi connectivity index (χ1n) is 7.89. The molecule has 1 amide bonds. The lowest BCUT2D eigenvalue weighted by molar-refractivity contribution is -0.386. The van der Waals surface area contributed by atoms with Gasteiger partial charge in [0.15, 0.2) is 10.9 Å². The second-order valence-corrected chi connectivity index (χ2v) is 6.73. The Hall–Kier alpha value is -3.73. The molecule has 1 aromatic heterocycles. The van der Waals surface area contributed by atoms with Gasteiger partial charge in [-0.15, -0.1) is 0 Å². The van der Waals surface area contributed by atoms with Gasteiger partial charge < -0.3 is 15.6 Å². The Bertz CT molecular complexity index is 1090. The molecule has 0 aliphatic rings. The predicted octanol–water partition coefficient (Wildman–Crippen LogP) is 2.19. The van der Waals surface area contributed by atoms with Crippen LogP contribution in [0.3, 0.4) is 0 Å². The summed E-state index contributed by atoms with van der Waals surface area (Å²) >= 11 is 1.33. The molecule has 3 aromatic rings. The second-order valence-electron chi connectivity index (χ2n) is 5.67. The van der Waals surface area contributed by atoms with Crippen molar-refractivity contribution in [1.29, 1.82) is 0 Å². The van der Waals surface area contributed by atoms with E-state index in [-0.39, 0.29) is 23.6 Å². The first-order chi connectivity index (χ1) is 13.4. The maximum Gasteiger partial charge on any atom is 0.315 e. The van der Waals surface area contributed by atoms with Crippen LogP contribution >= 0.6 is 11.3 Å². The van der Waals surface area contributed by atoms with Crippen LogP contribution in [-0.2, 0) is 11.2 Å². The number of rotatable bonds is 6. The fourth-order valence-corrected chi connectivity index (χ4v) is 3.28. The van der Waals surface area contributed by atoms with Crippen molar-refractivity contribution in [2.45, 2.75) is 6.42 Å². The standard InChI is InChI=1S/C17H15N5O5S/c1-27-13-5-10(4-12(16(13)24)22(25)26)8-19-21-15(23)7-9-2-3-11-14(6-9)28-17(18)20-11/h2-6,8,24H,7H2,1H3,(H2,18,20)(H,21,23)/b19-8-. The molecule has 1 heterocycles. The minimum atomic E-state index is -0.740. The van der Waals surface area contributed by atoms with Crippen molar-refractivity contribution in [1.82, 2.24) is 10.4 Å². The number of nitrogens with two attached hydrogens (primary N) is 1. The van der Waals surface area contributed by atoms with Gasteiger partial charge in [-0.1, -0.05) is 17.4 Å². The molecule has 0 aliphatic carbocycles. The summed E-state index contributed by atoms with van der Waals surface area (Å²) in [4.78, 5) is 26.5. The highest BCUT2D eigenvalue weighted by atomic mass is 32.1. The highest BCUT2D eigenvalue weighted by Crippen LogP contribution is 2.36. The van der Waals surface area contributed by atoms with Gasteiger partial charge in [-0.25, -0.2) is 10.4 Å². The number of fused-ring (bicyclic) bond motifs is 1. The third kappa shape index (κ3) is 4.15. The first-order valence-corrected chi connectivity index (χ1v) is 8.71. The number of benzene rings is 2. The van der Waals surface area contributed by atoms with Gasteiger partial charge in [-0.3, -0.25) is 14.9 Å². The van der Waals surface area contributed by atoms with Crippen LogP contribution in [0.4, 0.5) is 10.8 Å². The summed E-state index contributed by atoms with van der Waals surface area (Å²) in [6, 6.07) is 7.88. The molecule has 0 fully saturated rings. The number of aromatic hydroxyl groups is 1. The summed E-state index contributed by atoms with van der Waals surface area (Å²) < 4.78 is 5.79. The molecule has 0 radical (unpaired) electrons. The van der Waals surface area contributed by atoms with Crippen LogP contribution in [0.5, 0.6) is 11.5 Å². The Balaban J connectivity index is 1.68. The third-order valence-corrected chi connectivity index (χ3v) is 4.58. The molecular weight excluding hydrogens is 386 g/mol. The van der Waals surface area contributed by atoms with Gasteiger partial charge in [0.05, 0.1) is 34.9 Å². The van der Waals surface area contributed by atoms with Crippen molar-refractivity contribution in [3.05, 3.63) is 51.6 Å². The Morgan fingerprint density at radius 1 is 1.46 bits per heavy atom. The number of methoxy groups -OCH3 is 1. The van der Waals surface area contributed by atoms with Gasteiger partial charge in [0.1, 0.15) is 0 Å². The second kappa shape index (κ2) is 7.88. The number of thiazole rings is 1. The van der Waals surface area contributed by atoms with E-state index in [4.69, 9.17) is 10.5 Å². The van der Waals surface area contributed by atoms with E-state index < -0.39 is 16.4 Å². The number of amides is 1. The van der Waals surface area contributed by atoms with Gasteiger partial charge in [-0.05, 0) is 23.8 Å². The molecule has 0 saturated heterocycles. The van der Waals surface area contributed by atoms with Crippen LogP contribution in [0, 0.1) is 10.1 Å². The Morgan fingerprint density at radius 2 is 2.25 bits per heavy atom. The molecule has 0 unspecified atom stereocenters. The smallest absolute Gasteiger partial charge is 0.315 e. The molecule has 144 valence electrons. The van der Waals surface area contributed by atoms with Gasteiger partial charge >= 0.3 is 5.69 Å². The Labute approximate surface area is 162 Å². The summed E-state index contributed by atoms with van der Waals surface area (Å²) in [7, 11) is 1.27. The topological polar surface area (TPSA) is 153 Å². The quantitative estimate of drug-likeness (QED) is 0.325. The monoisotopic (exact) mass is 401 g/mol. The van der Waals surface area contributed by atoms with Gasteiger partial charge in [0.2, 0.25) is 11.7 Å². The summed E-state index contributed by atoms with van der Waals surface area (Å²) in [5, 5.41) is 25.0. The number of hydrazone groups is 1. The van der Waals surface area contributed by atoms with Gasteiger partial charge in [0, 0.05) is 11.6 Å². The summed E-state index contributed by atoms with van der Waals surface area (Å²) in [6.07, 6.45) is 1.31. The molecule has 0 atom stereocenters. The molecule has 4 N–H and O–H groups in total. The lowest BCUT2D eigenvalue weighted by atomic mass is 10.1. The highest BCUT2D eigenvalue weighted by molar-refractivity contribution is 7.22. The molecule has 10 nitrogen and oxygen atoms in total. The lowest BCUT2D eigenvalue weighted by Crippen LogP contribution is -2.19. The molecule has 0 spiro atoms. The normalized spacial score (nSPS) is 11.0. The molecule has 11 heteroatoms. The minimum absolute atomic E-state index is 0.0703. The number of nitro benzene ring substituents is 1. The van der Waals surface area contributed by atoms with Crippen molar-refractivity contribution in [3.63, 3.8) is 0 Å². The molecular formula is C17H15N5O5S. The van der Waals surface area contributed by atoms with Crippen LogP contribution in [0.2, 0.25) is 0 Å². The Kier molecular flexibility index (Phi) is 5.36. The fourth-order valence-electron chi connectivity index (χ4n) is 2.48. The van der Waals surface area contributed by atoms with E-state index in [1.54, 1.807) is 12.1 Å². The zero-order valence-corrected chi connectivity index (χ0v) is 15.4. The average molecular weight is 401 g/mol. The molecule has 2 aromatic carbocycles. The zero-order chi connectivity index (χ0) is 20.3. The Morgan fingerprint density at radius 3 is 2.96 bits per heavy atom. The number of nitrogen functional groups attached to an aromatic ring is 1. The number of aromatic nitrogens is 1. The number of phenolic OH excluding ortho intramolecular Hbond substituents is 1. The van der Waals surface area contributed by atoms with E-state index in [9.17, 15) is 20.0 Å². The number of carbonyl (C=O) groups is 1. The van der Waals surface area contributed by atoms with Crippen LogP contribution in [0.25, 0.3) is 10.2 Å². The number of nitrogens with one attached hydrogen (secondary N) is 1. The van der Waals surface area contributed by atoms with Crippen molar-refractivity contribution < 1.29 is 19.6 Å². The molecule has 0 bridgehead atoms. The fraction of sp³-hybridized carbons (Fsp3) is 0.118. The largest absolute Gasteiger partial charge is 0.500 e. The number of ether oxygens (including phenoxy) is 1. The summed E-state index contributed by atoms with van der Waals surface area (Å²) in [5.74, 6) is -1.01. The van der Waals surface area contributed by atoms with Crippen LogP contribution in [0.1, 0.15) is 11.1 Å². The number of phenols is 1. The maximum atomic E-state index is 12.1. The van der Waals surface area contributed by atoms with E-state index in [0.29, 0.717) is 5.13 Å². The maximum absolute atomic E-state index is 12.1. The van der Waals surface area contributed by atoms with Crippen molar-refractivity contribution in [2.24, 2.45) is 5.10 Å². The van der Waals surface area contributed by atoms with E-state index in [1.807, 2.05) is 6.07 Å². The van der Waals surface area contributed by atoms with Gasteiger partial charge in [0.25, 0.3) is 0 Å². The average Bonchev–Trinajstić information content (AvgIpc) is 3.01. The van der Waals surface area contributed by atoms with Gasteiger partial charge in [-0.2, -0.15) is 5.10 Å². The lowest BCUT2D eigenvalue weighted by Gasteiger charge is -2.05. The van der Waals surface area contributed by atoms with Crippen LogP contribution < -0.4 is 15.9 Å². The SMILES string of the molecule is COc1cc(/C=N\NC(=O)Cc2ccc3nc(N)sc3c2)cc([N+](=O)[O-])c1O. The number of hydrogen-bond donors (Lipinski definition) is 3. The van der Waals surface area contributed by atoms with E-state index in [2.05, 4.69) is 15.5 Å². The van der Waals surface area contributed by atoms with E-state index in [0.717, 1.165) is 21.8 Å². The van der Waals surface area contributed by atoms with Crippen LogP contribution in [0.15, 0.2) is 35.4 Å². The third-order valence-electron chi connectivity index (χ3n) is 3.73. The summed E-state index contributed by atoms with van der Waals surface area (Å²) in [5.41, 5.74) is 9.32. The molecule has 28 heavy (non-hydrogen) atoms. The minimum Gasteiger partial charge on any atom is -0.500 e. The number of nitro groups is 1. The van der Waals surface area contributed by atoms with E-state index in [1.165, 1.54) is 30.7 Å². The van der Waals surface area contributed by atoms with Crippen molar-refractivity contribution in [2.75, 3.05) is 12.8 Å². The van der Waals surface area contributed by atoms with E-state index >= 15 is 0 Å². The molecule has 3 rings (SSSR count). The number of hydrogen-bond acceptors (Lipinski definition) is 9. The zero-order valence-electron chi connectivity index (χ0n) is 14.6. The van der Waals surface area contributed by atoms with Crippen molar-refractivity contribution in [3.8, 4) is 11.5 Å². The molecule has 0 aliphatic heterocycles. The van der Waals surface area contributed by atoms with Crippen LogP contribution in [-0.4, -0.2) is 34.2 Å². The first kappa shape index (κ1) is 19.0. The molecule has 0 saturated carbocycles. The van der Waals surface area contributed by atoms with Crippen molar-refractivity contribution >= 4 is 44.5 Å². The summed E-state index contributed by atoms with van der Waals surface area (Å²) in [6.45, 7) is 0. The predicted molar refractivity (Wildman–Crippen MR) is 105 cm³/mol.